The van der Waals surface area contributed by atoms with Crippen LogP contribution in [-0.2, 0) is 0 Å². The second-order valence-electron chi connectivity index (χ2n) is 7.83. The summed E-state index contributed by atoms with van der Waals surface area (Å²) in [5.74, 6) is 1.61. The fourth-order valence-corrected chi connectivity index (χ4v) is 4.67. The van der Waals surface area contributed by atoms with Crippen molar-refractivity contribution in [3.05, 3.63) is 0 Å². The van der Waals surface area contributed by atoms with Crippen molar-refractivity contribution in [1.29, 1.82) is 0 Å². The standard InChI is InChI=1S/C18H34N2O/c1-2-15-5-4-11-20(13-15)12-9-16-6-3-10-18(16,14-21)19-17-7-8-17/h15-17,19,21H,2-14H2,1H3. The van der Waals surface area contributed by atoms with Crippen molar-refractivity contribution >= 4 is 0 Å². The Morgan fingerprint density at radius 3 is 2.76 bits per heavy atom. The molecule has 3 heteroatoms. The summed E-state index contributed by atoms with van der Waals surface area (Å²) in [6, 6.07) is 0.706. The SMILES string of the molecule is CCC1CCCN(CCC2CCCC2(CO)NC2CC2)C1. The molecule has 3 fully saturated rings. The van der Waals surface area contributed by atoms with E-state index in [0.29, 0.717) is 18.6 Å². The highest BCUT2D eigenvalue weighted by atomic mass is 16.3. The molecule has 0 aromatic carbocycles. The Morgan fingerprint density at radius 2 is 2.05 bits per heavy atom. The van der Waals surface area contributed by atoms with Crippen LogP contribution in [0.5, 0.6) is 0 Å². The lowest BCUT2D eigenvalue weighted by molar-refractivity contribution is 0.100. The molecule has 0 radical (unpaired) electrons. The largest absolute Gasteiger partial charge is 0.394 e. The summed E-state index contributed by atoms with van der Waals surface area (Å²) >= 11 is 0. The predicted molar refractivity (Wildman–Crippen MR) is 87.4 cm³/mol. The summed E-state index contributed by atoms with van der Waals surface area (Å²) in [6.07, 6.45) is 11.9. The van der Waals surface area contributed by atoms with Gasteiger partial charge in [0.1, 0.15) is 0 Å². The summed E-state index contributed by atoms with van der Waals surface area (Å²) in [5.41, 5.74) is 0.0567. The molecule has 21 heavy (non-hydrogen) atoms. The van der Waals surface area contributed by atoms with E-state index in [-0.39, 0.29) is 5.54 Å². The number of nitrogens with zero attached hydrogens (tertiary/aromatic N) is 1. The van der Waals surface area contributed by atoms with E-state index in [1.165, 1.54) is 77.4 Å². The van der Waals surface area contributed by atoms with E-state index in [4.69, 9.17) is 0 Å². The summed E-state index contributed by atoms with van der Waals surface area (Å²) in [5, 5.41) is 13.8. The first-order valence-electron chi connectivity index (χ1n) is 9.36. The van der Waals surface area contributed by atoms with E-state index < -0.39 is 0 Å². The molecule has 0 aromatic heterocycles. The Kier molecular flexibility index (Phi) is 5.23. The normalized spacial score (nSPS) is 38.0. The molecule has 0 bridgehead atoms. The molecular formula is C18H34N2O. The quantitative estimate of drug-likeness (QED) is 0.758. The lowest BCUT2D eigenvalue weighted by atomic mass is 9.84. The first-order valence-corrected chi connectivity index (χ1v) is 9.36. The van der Waals surface area contributed by atoms with Gasteiger partial charge in [0, 0.05) is 18.1 Å². The zero-order valence-electron chi connectivity index (χ0n) is 13.8. The summed E-state index contributed by atoms with van der Waals surface area (Å²) in [4.78, 5) is 2.69. The second kappa shape index (κ2) is 6.97. The van der Waals surface area contributed by atoms with Crippen LogP contribution in [0.3, 0.4) is 0 Å². The predicted octanol–water partition coefficient (Wildman–Crippen LogP) is 2.78. The van der Waals surface area contributed by atoms with Crippen molar-refractivity contribution in [2.45, 2.75) is 76.3 Å². The van der Waals surface area contributed by atoms with Gasteiger partial charge in [0.25, 0.3) is 0 Å². The van der Waals surface area contributed by atoms with Crippen molar-refractivity contribution in [3.63, 3.8) is 0 Å². The molecule has 3 atom stereocenters. The number of aliphatic hydroxyl groups is 1. The van der Waals surface area contributed by atoms with Crippen LogP contribution in [0.4, 0.5) is 0 Å². The fraction of sp³-hybridized carbons (Fsp3) is 1.00. The first kappa shape index (κ1) is 15.8. The third kappa shape index (κ3) is 3.80. The number of nitrogens with one attached hydrogen (secondary N) is 1. The highest BCUT2D eigenvalue weighted by Gasteiger charge is 2.44. The third-order valence-electron chi connectivity index (χ3n) is 6.28. The van der Waals surface area contributed by atoms with Crippen LogP contribution < -0.4 is 5.32 Å². The second-order valence-corrected chi connectivity index (χ2v) is 7.83. The van der Waals surface area contributed by atoms with E-state index in [0.717, 1.165) is 5.92 Å². The van der Waals surface area contributed by atoms with Crippen LogP contribution >= 0.6 is 0 Å². The smallest absolute Gasteiger partial charge is 0.0616 e. The lowest BCUT2D eigenvalue weighted by Gasteiger charge is -2.38. The van der Waals surface area contributed by atoms with Gasteiger partial charge in [0.05, 0.1) is 6.61 Å². The van der Waals surface area contributed by atoms with E-state index in [9.17, 15) is 5.11 Å². The van der Waals surface area contributed by atoms with Crippen LogP contribution in [-0.4, -0.2) is 47.8 Å². The van der Waals surface area contributed by atoms with Gasteiger partial charge in [-0.25, -0.2) is 0 Å². The zero-order valence-corrected chi connectivity index (χ0v) is 13.8. The molecule has 2 N–H and O–H groups in total. The van der Waals surface area contributed by atoms with Gasteiger partial charge in [0.2, 0.25) is 0 Å². The van der Waals surface area contributed by atoms with Crippen molar-refractivity contribution < 1.29 is 5.11 Å². The van der Waals surface area contributed by atoms with Crippen LogP contribution in [0.2, 0.25) is 0 Å². The van der Waals surface area contributed by atoms with Crippen molar-refractivity contribution in [2.24, 2.45) is 11.8 Å². The maximum Gasteiger partial charge on any atom is 0.0616 e. The minimum Gasteiger partial charge on any atom is -0.394 e. The molecule has 3 rings (SSSR count). The molecule has 0 amide bonds. The van der Waals surface area contributed by atoms with Gasteiger partial charge in [-0.1, -0.05) is 19.8 Å². The lowest BCUT2D eigenvalue weighted by Crippen LogP contribution is -2.53. The number of aliphatic hydroxyl groups excluding tert-OH is 1. The third-order valence-corrected chi connectivity index (χ3v) is 6.28. The molecule has 1 aliphatic heterocycles. The van der Waals surface area contributed by atoms with Gasteiger partial charge in [-0.3, -0.25) is 0 Å². The minimum atomic E-state index is 0.0567. The van der Waals surface area contributed by atoms with Gasteiger partial charge in [-0.05, 0) is 69.9 Å². The van der Waals surface area contributed by atoms with Crippen LogP contribution in [0, 0.1) is 11.8 Å². The Bertz CT molecular complexity index is 331. The Labute approximate surface area is 130 Å². The van der Waals surface area contributed by atoms with E-state index in [2.05, 4.69) is 17.1 Å². The molecule has 2 saturated carbocycles. The van der Waals surface area contributed by atoms with E-state index in [1.807, 2.05) is 0 Å². The van der Waals surface area contributed by atoms with Crippen molar-refractivity contribution in [3.8, 4) is 0 Å². The van der Waals surface area contributed by atoms with Gasteiger partial charge >= 0.3 is 0 Å². The van der Waals surface area contributed by atoms with Crippen LogP contribution in [0.15, 0.2) is 0 Å². The maximum absolute atomic E-state index is 10.0. The molecule has 1 heterocycles. The molecule has 0 spiro atoms. The van der Waals surface area contributed by atoms with Gasteiger partial charge in [-0.2, -0.15) is 0 Å². The average molecular weight is 294 g/mol. The molecular weight excluding hydrogens is 260 g/mol. The Hall–Kier alpha value is -0.120. The van der Waals surface area contributed by atoms with Gasteiger partial charge in [-0.15, -0.1) is 0 Å². The maximum atomic E-state index is 10.0. The number of hydrogen-bond acceptors (Lipinski definition) is 3. The summed E-state index contributed by atoms with van der Waals surface area (Å²) in [6.45, 7) is 6.53. The Balaban J connectivity index is 1.51. The summed E-state index contributed by atoms with van der Waals surface area (Å²) in [7, 11) is 0. The molecule has 3 unspecified atom stereocenters. The fourth-order valence-electron chi connectivity index (χ4n) is 4.67. The average Bonchev–Trinajstić information content (AvgIpc) is 3.24. The van der Waals surface area contributed by atoms with Crippen LogP contribution in [0.25, 0.3) is 0 Å². The molecule has 3 nitrogen and oxygen atoms in total. The van der Waals surface area contributed by atoms with Gasteiger partial charge in [0.15, 0.2) is 0 Å². The van der Waals surface area contributed by atoms with Crippen molar-refractivity contribution in [1.82, 2.24) is 10.2 Å². The zero-order chi connectivity index (χ0) is 14.7. The van der Waals surface area contributed by atoms with Crippen LogP contribution in [0.1, 0.15) is 64.7 Å². The monoisotopic (exact) mass is 294 g/mol. The van der Waals surface area contributed by atoms with E-state index in [1.54, 1.807) is 0 Å². The number of piperidine rings is 1. The summed E-state index contributed by atoms with van der Waals surface area (Å²) < 4.78 is 0. The molecule has 0 aromatic rings. The topological polar surface area (TPSA) is 35.5 Å². The highest BCUT2D eigenvalue weighted by Crippen LogP contribution is 2.40. The van der Waals surface area contributed by atoms with Crippen molar-refractivity contribution in [2.75, 3.05) is 26.2 Å². The number of hydrogen-bond donors (Lipinski definition) is 2. The number of rotatable bonds is 7. The molecule has 3 aliphatic rings. The minimum absolute atomic E-state index is 0.0567. The highest BCUT2D eigenvalue weighted by molar-refractivity contribution is 5.03. The molecule has 122 valence electrons. The Morgan fingerprint density at radius 1 is 1.19 bits per heavy atom. The molecule has 1 saturated heterocycles. The van der Waals surface area contributed by atoms with E-state index >= 15 is 0 Å². The first-order chi connectivity index (χ1) is 10.3. The number of likely N-dealkylation sites (tertiary alicyclic amines) is 1. The van der Waals surface area contributed by atoms with Gasteiger partial charge < -0.3 is 15.3 Å². The molecule has 2 aliphatic carbocycles.